The molecule has 0 unspecified atom stereocenters. The van der Waals surface area contributed by atoms with E-state index >= 15 is 0 Å². The number of hydrogen-bond donors (Lipinski definition) is 1. The van der Waals surface area contributed by atoms with Gasteiger partial charge in [0, 0.05) is 24.2 Å². The Balaban J connectivity index is 1.53. The van der Waals surface area contributed by atoms with E-state index in [1.807, 2.05) is 60.2 Å². The summed E-state index contributed by atoms with van der Waals surface area (Å²) in [4.78, 5) is 13.3. The third kappa shape index (κ3) is 3.14. The molecule has 0 spiro atoms. The first-order chi connectivity index (χ1) is 12.3. The molecule has 0 saturated carbocycles. The van der Waals surface area contributed by atoms with E-state index in [1.54, 1.807) is 18.7 Å². The summed E-state index contributed by atoms with van der Waals surface area (Å²) in [6, 6.07) is 13.7. The second-order valence-electron chi connectivity index (χ2n) is 5.58. The molecule has 1 aromatic carbocycles. The molecule has 0 radical (unpaired) electrons. The summed E-state index contributed by atoms with van der Waals surface area (Å²) in [6.07, 6.45) is 7.10. The van der Waals surface area contributed by atoms with Crippen LogP contribution in [0.15, 0.2) is 71.7 Å². The molecule has 6 nitrogen and oxygen atoms in total. The van der Waals surface area contributed by atoms with Gasteiger partial charge >= 0.3 is 0 Å². The number of nitrogens with one attached hydrogen (secondary N) is 1. The van der Waals surface area contributed by atoms with Gasteiger partial charge in [-0.25, -0.2) is 15.0 Å². The largest absolute Gasteiger partial charge is 0.444 e. The van der Waals surface area contributed by atoms with Gasteiger partial charge in [-0.15, -0.1) is 0 Å². The molecule has 25 heavy (non-hydrogen) atoms. The first kappa shape index (κ1) is 15.1. The molecule has 124 valence electrons. The summed E-state index contributed by atoms with van der Waals surface area (Å²) in [6.45, 7) is 2.49. The first-order valence-corrected chi connectivity index (χ1v) is 8.00. The zero-order valence-electron chi connectivity index (χ0n) is 13.8. The number of oxazole rings is 1. The molecule has 0 aliphatic heterocycles. The van der Waals surface area contributed by atoms with Crippen LogP contribution in [0, 0.1) is 6.92 Å². The second kappa shape index (κ2) is 6.60. The summed E-state index contributed by atoms with van der Waals surface area (Å²) in [5, 5.41) is 3.38. The van der Waals surface area contributed by atoms with Gasteiger partial charge in [-0.2, -0.15) is 0 Å². The predicted octanol–water partition coefficient (Wildman–Crippen LogP) is 3.84. The fourth-order valence-electron chi connectivity index (χ4n) is 2.62. The molecule has 3 heterocycles. The van der Waals surface area contributed by atoms with Crippen LogP contribution >= 0.6 is 0 Å². The van der Waals surface area contributed by atoms with E-state index < -0.39 is 0 Å². The average molecular weight is 331 g/mol. The van der Waals surface area contributed by atoms with Gasteiger partial charge in [0.05, 0.1) is 17.9 Å². The van der Waals surface area contributed by atoms with Crippen LogP contribution in [0.4, 0.5) is 5.69 Å². The molecule has 6 heteroatoms. The lowest BCUT2D eigenvalue weighted by atomic mass is 10.2. The van der Waals surface area contributed by atoms with Crippen molar-refractivity contribution in [2.45, 2.75) is 13.5 Å². The van der Waals surface area contributed by atoms with Crippen molar-refractivity contribution in [2.75, 3.05) is 5.32 Å². The molecular formula is C19H17N5O. The SMILES string of the molecule is Cc1nccn1-c1ncccc1NCc1coc(-c2ccccc2)n1. The van der Waals surface area contributed by atoms with Crippen molar-refractivity contribution in [3.05, 3.63) is 78.8 Å². The number of anilines is 1. The topological polar surface area (TPSA) is 68.8 Å². The molecule has 4 rings (SSSR count). The molecule has 0 saturated heterocycles. The van der Waals surface area contributed by atoms with Crippen LogP contribution in [0.2, 0.25) is 0 Å². The number of benzene rings is 1. The number of rotatable bonds is 5. The number of aromatic nitrogens is 4. The lowest BCUT2D eigenvalue weighted by molar-refractivity contribution is 0.573. The predicted molar refractivity (Wildman–Crippen MR) is 95.4 cm³/mol. The fraction of sp³-hybridized carbons (Fsp3) is 0.105. The van der Waals surface area contributed by atoms with Gasteiger partial charge in [0.2, 0.25) is 5.89 Å². The Morgan fingerprint density at radius 1 is 1.04 bits per heavy atom. The van der Waals surface area contributed by atoms with Gasteiger partial charge < -0.3 is 9.73 Å². The molecule has 4 aromatic rings. The Labute approximate surface area is 145 Å². The molecule has 0 aliphatic carbocycles. The Hall–Kier alpha value is -3.41. The number of hydrogen-bond acceptors (Lipinski definition) is 5. The minimum absolute atomic E-state index is 0.544. The first-order valence-electron chi connectivity index (χ1n) is 8.00. The zero-order chi connectivity index (χ0) is 17.1. The van der Waals surface area contributed by atoms with Gasteiger partial charge in [0.25, 0.3) is 0 Å². The molecule has 0 atom stereocenters. The third-order valence-corrected chi connectivity index (χ3v) is 3.87. The summed E-state index contributed by atoms with van der Waals surface area (Å²) in [5.41, 5.74) is 2.70. The average Bonchev–Trinajstić information content (AvgIpc) is 3.30. The van der Waals surface area contributed by atoms with E-state index in [-0.39, 0.29) is 0 Å². The Morgan fingerprint density at radius 2 is 1.92 bits per heavy atom. The standard InChI is InChI=1S/C19H17N5O/c1-14-20-10-11-24(14)18-17(8-5-9-21-18)22-12-16-13-25-19(23-16)15-6-3-2-4-7-15/h2-11,13,22H,12H2,1H3. The highest BCUT2D eigenvalue weighted by Gasteiger charge is 2.10. The van der Waals surface area contributed by atoms with Crippen molar-refractivity contribution in [1.82, 2.24) is 19.5 Å². The zero-order valence-corrected chi connectivity index (χ0v) is 13.8. The van der Waals surface area contributed by atoms with Crippen molar-refractivity contribution in [3.63, 3.8) is 0 Å². The smallest absolute Gasteiger partial charge is 0.226 e. The van der Waals surface area contributed by atoms with Crippen molar-refractivity contribution < 1.29 is 4.42 Å². The second-order valence-corrected chi connectivity index (χ2v) is 5.58. The van der Waals surface area contributed by atoms with Crippen LogP contribution in [-0.4, -0.2) is 19.5 Å². The van der Waals surface area contributed by atoms with Crippen molar-refractivity contribution >= 4 is 5.69 Å². The summed E-state index contributed by atoms with van der Waals surface area (Å²) in [7, 11) is 0. The van der Waals surface area contributed by atoms with E-state index in [2.05, 4.69) is 20.3 Å². The quantitative estimate of drug-likeness (QED) is 0.602. The van der Waals surface area contributed by atoms with Crippen LogP contribution in [0.3, 0.4) is 0 Å². The number of imidazole rings is 1. The van der Waals surface area contributed by atoms with Gasteiger partial charge in [-0.05, 0) is 31.2 Å². The van der Waals surface area contributed by atoms with Gasteiger partial charge in [0.1, 0.15) is 12.1 Å². The maximum Gasteiger partial charge on any atom is 0.226 e. The van der Waals surface area contributed by atoms with Crippen LogP contribution < -0.4 is 5.32 Å². The van der Waals surface area contributed by atoms with Crippen molar-refractivity contribution in [2.24, 2.45) is 0 Å². The van der Waals surface area contributed by atoms with Gasteiger partial charge in [-0.3, -0.25) is 4.57 Å². The number of pyridine rings is 1. The van der Waals surface area contributed by atoms with E-state index in [9.17, 15) is 0 Å². The summed E-state index contributed by atoms with van der Waals surface area (Å²) in [5.74, 6) is 2.31. The van der Waals surface area contributed by atoms with E-state index in [0.29, 0.717) is 12.4 Å². The lowest BCUT2D eigenvalue weighted by Gasteiger charge is -2.11. The highest BCUT2D eigenvalue weighted by Crippen LogP contribution is 2.21. The summed E-state index contributed by atoms with van der Waals surface area (Å²) >= 11 is 0. The van der Waals surface area contributed by atoms with Crippen LogP contribution in [0.1, 0.15) is 11.5 Å². The molecule has 1 N–H and O–H groups in total. The molecular weight excluding hydrogens is 314 g/mol. The molecule has 0 bridgehead atoms. The fourth-order valence-corrected chi connectivity index (χ4v) is 2.62. The minimum Gasteiger partial charge on any atom is -0.444 e. The van der Waals surface area contributed by atoms with Crippen LogP contribution in [0.5, 0.6) is 0 Å². The monoisotopic (exact) mass is 331 g/mol. The Morgan fingerprint density at radius 3 is 2.72 bits per heavy atom. The maximum absolute atomic E-state index is 5.58. The van der Waals surface area contributed by atoms with Gasteiger partial charge in [-0.1, -0.05) is 18.2 Å². The highest BCUT2D eigenvalue weighted by atomic mass is 16.3. The highest BCUT2D eigenvalue weighted by molar-refractivity contribution is 5.57. The maximum atomic E-state index is 5.58. The summed E-state index contributed by atoms with van der Waals surface area (Å²) < 4.78 is 7.52. The van der Waals surface area contributed by atoms with E-state index in [4.69, 9.17) is 4.42 Å². The normalized spacial score (nSPS) is 10.8. The van der Waals surface area contributed by atoms with Crippen molar-refractivity contribution in [3.8, 4) is 17.3 Å². The van der Waals surface area contributed by atoms with Crippen LogP contribution in [-0.2, 0) is 6.54 Å². The lowest BCUT2D eigenvalue weighted by Crippen LogP contribution is -2.07. The minimum atomic E-state index is 0.544. The van der Waals surface area contributed by atoms with E-state index in [0.717, 1.165) is 28.6 Å². The molecule has 3 aromatic heterocycles. The number of nitrogens with zero attached hydrogens (tertiary/aromatic N) is 4. The Bertz CT molecular complexity index is 974. The van der Waals surface area contributed by atoms with Crippen LogP contribution in [0.25, 0.3) is 17.3 Å². The molecule has 0 amide bonds. The number of aryl methyl sites for hydroxylation is 1. The Kier molecular flexibility index (Phi) is 4.00. The van der Waals surface area contributed by atoms with E-state index in [1.165, 1.54) is 0 Å². The van der Waals surface area contributed by atoms with Gasteiger partial charge in [0.15, 0.2) is 5.82 Å². The molecule has 0 aliphatic rings. The van der Waals surface area contributed by atoms with Crippen molar-refractivity contribution in [1.29, 1.82) is 0 Å². The third-order valence-electron chi connectivity index (χ3n) is 3.87. The molecule has 0 fully saturated rings.